The molecule has 0 unspecified atom stereocenters. The monoisotopic (exact) mass is 489 g/mol. The molecule has 6 heteroatoms. The van der Waals surface area contributed by atoms with E-state index in [2.05, 4.69) is 23.6 Å². The van der Waals surface area contributed by atoms with Crippen LogP contribution in [-0.4, -0.2) is 55.0 Å². The van der Waals surface area contributed by atoms with Gasteiger partial charge in [0.15, 0.2) is 0 Å². The number of hydrogen-bond donors (Lipinski definition) is 2. The van der Waals surface area contributed by atoms with E-state index in [0.29, 0.717) is 30.8 Å². The molecule has 2 aliphatic rings. The maximum atomic E-state index is 12.9. The predicted octanol–water partition coefficient (Wildman–Crippen LogP) is 5.03. The lowest BCUT2D eigenvalue weighted by molar-refractivity contribution is 0.0772. The molecule has 2 aliphatic heterocycles. The Bertz CT molecular complexity index is 1100. The van der Waals surface area contributed by atoms with E-state index in [1.165, 1.54) is 0 Å². The Morgan fingerprint density at radius 2 is 1.67 bits per heavy atom. The van der Waals surface area contributed by atoms with Crippen molar-refractivity contribution in [3.05, 3.63) is 70.8 Å². The highest BCUT2D eigenvalue weighted by Gasteiger charge is 2.37. The summed E-state index contributed by atoms with van der Waals surface area (Å²) in [4.78, 5) is 27.5. The Labute approximate surface area is 215 Å². The lowest BCUT2D eigenvalue weighted by atomic mass is 9.83. The Balaban J connectivity index is 1.67. The lowest BCUT2D eigenvalue weighted by Crippen LogP contribution is -2.46. The summed E-state index contributed by atoms with van der Waals surface area (Å²) in [5.41, 5.74) is 3.95. The van der Waals surface area contributed by atoms with Crippen LogP contribution >= 0.6 is 0 Å². The molecule has 0 saturated carbocycles. The molecule has 192 valence electrons. The Hall–Kier alpha value is -3.12. The summed E-state index contributed by atoms with van der Waals surface area (Å²) in [7, 11) is 0. The molecule has 2 aromatic rings. The highest BCUT2D eigenvalue weighted by Crippen LogP contribution is 2.43. The van der Waals surface area contributed by atoms with Crippen molar-refractivity contribution in [1.29, 1.82) is 0 Å². The largest absolute Gasteiger partial charge is 0.482 e. The summed E-state index contributed by atoms with van der Waals surface area (Å²) in [6.07, 6.45) is 7.21. The number of hydrogen-bond acceptors (Lipinski definition) is 4. The first kappa shape index (κ1) is 26.0. The van der Waals surface area contributed by atoms with Gasteiger partial charge in [-0.2, -0.15) is 0 Å². The van der Waals surface area contributed by atoms with Gasteiger partial charge in [-0.25, -0.2) is 0 Å². The third-order valence-corrected chi connectivity index (χ3v) is 7.26. The number of unbranched alkanes of at least 4 members (excludes halogenated alkanes) is 2. The fourth-order valence-electron chi connectivity index (χ4n) is 5.06. The second-order valence-electron chi connectivity index (χ2n) is 9.70. The predicted molar refractivity (Wildman–Crippen MR) is 145 cm³/mol. The fraction of sp³-hybridized carbons (Fsp3) is 0.467. The van der Waals surface area contributed by atoms with Crippen LogP contribution in [0, 0.1) is 0 Å². The Kier molecular flexibility index (Phi) is 8.47. The van der Waals surface area contributed by atoms with Gasteiger partial charge in [0.1, 0.15) is 11.4 Å². The maximum Gasteiger partial charge on any atom is 0.253 e. The first-order valence-corrected chi connectivity index (χ1v) is 13.4. The van der Waals surface area contributed by atoms with E-state index in [0.717, 1.165) is 67.6 Å². The summed E-state index contributed by atoms with van der Waals surface area (Å²) < 4.78 is 6.57. The smallest absolute Gasteiger partial charge is 0.253 e. The van der Waals surface area contributed by atoms with Gasteiger partial charge in [-0.1, -0.05) is 31.9 Å². The van der Waals surface area contributed by atoms with Crippen LogP contribution in [0.2, 0.25) is 0 Å². The van der Waals surface area contributed by atoms with Crippen molar-refractivity contribution in [2.45, 2.75) is 58.5 Å². The number of rotatable bonds is 9. The molecular weight excluding hydrogens is 450 g/mol. The number of nitrogens with one attached hydrogen (secondary N) is 2. The number of fused-ring (bicyclic) bond motifs is 1. The zero-order valence-electron chi connectivity index (χ0n) is 21.9. The van der Waals surface area contributed by atoms with Crippen LogP contribution in [0.5, 0.6) is 5.75 Å². The van der Waals surface area contributed by atoms with Crippen LogP contribution in [0.3, 0.4) is 0 Å². The molecule has 4 rings (SSSR count). The summed E-state index contributed by atoms with van der Waals surface area (Å²) in [5.74, 6) is 0.792. The summed E-state index contributed by atoms with van der Waals surface area (Å²) in [5, 5.41) is 6.47. The number of amides is 2. The number of nitrogens with zero attached hydrogens (tertiary/aromatic N) is 1. The van der Waals surface area contributed by atoms with Crippen LogP contribution < -0.4 is 15.4 Å². The molecular formula is C30H39N3O3. The average Bonchev–Trinajstić information content (AvgIpc) is 2.91. The second-order valence-corrected chi connectivity index (χ2v) is 9.70. The molecule has 1 saturated heterocycles. The molecule has 0 atom stereocenters. The molecule has 2 heterocycles. The van der Waals surface area contributed by atoms with E-state index < -0.39 is 0 Å². The number of piperidine rings is 1. The standard InChI is InChI=1S/C30H39N3O3/c1-4-7-8-17-32-28(34)24-13-14-27-25(20-24)26(21-30(36-27)15-18-31-19-16-30)22-9-11-23(12-10-22)29(35)33(5-2)6-3/h9-14,20-21,31H,4-8,15-19H2,1-3H3,(H,32,34). The normalized spacial score (nSPS) is 16.0. The zero-order valence-corrected chi connectivity index (χ0v) is 21.9. The van der Waals surface area contributed by atoms with E-state index in [-0.39, 0.29) is 17.4 Å². The summed E-state index contributed by atoms with van der Waals surface area (Å²) >= 11 is 0. The third kappa shape index (κ3) is 5.65. The molecule has 1 fully saturated rings. The topological polar surface area (TPSA) is 70.7 Å². The number of benzene rings is 2. The van der Waals surface area contributed by atoms with Gasteiger partial charge in [0, 0.05) is 49.2 Å². The van der Waals surface area contributed by atoms with Crippen molar-refractivity contribution in [1.82, 2.24) is 15.5 Å². The quantitative estimate of drug-likeness (QED) is 0.485. The minimum atomic E-state index is -0.368. The van der Waals surface area contributed by atoms with Crippen molar-refractivity contribution in [3.8, 4) is 5.75 Å². The molecule has 0 aliphatic carbocycles. The molecule has 2 amide bonds. The van der Waals surface area contributed by atoms with Crippen LogP contribution in [0.4, 0.5) is 0 Å². The number of carbonyl (C=O) groups is 2. The van der Waals surface area contributed by atoms with Crippen molar-refractivity contribution >= 4 is 17.4 Å². The summed E-state index contributed by atoms with van der Waals surface area (Å²) in [6.45, 7) is 10.00. The van der Waals surface area contributed by atoms with Crippen molar-refractivity contribution in [2.75, 3.05) is 32.7 Å². The SMILES string of the molecule is CCCCCNC(=O)c1ccc2c(c1)C(c1ccc(C(=O)N(CC)CC)cc1)=CC1(CCNCC1)O2. The molecule has 0 bridgehead atoms. The van der Waals surface area contributed by atoms with Gasteiger partial charge in [0.2, 0.25) is 0 Å². The first-order valence-electron chi connectivity index (χ1n) is 13.4. The lowest BCUT2D eigenvalue weighted by Gasteiger charge is -2.40. The minimum Gasteiger partial charge on any atom is -0.482 e. The molecule has 1 spiro atoms. The maximum absolute atomic E-state index is 12.9. The van der Waals surface area contributed by atoms with Gasteiger partial charge in [-0.15, -0.1) is 0 Å². The van der Waals surface area contributed by atoms with E-state index in [1.54, 1.807) is 0 Å². The molecule has 0 radical (unpaired) electrons. The van der Waals surface area contributed by atoms with Gasteiger partial charge in [0.05, 0.1) is 0 Å². The molecule has 2 aromatic carbocycles. The van der Waals surface area contributed by atoms with Gasteiger partial charge in [-0.05, 0) is 80.9 Å². The van der Waals surface area contributed by atoms with Gasteiger partial charge in [0.25, 0.3) is 11.8 Å². The van der Waals surface area contributed by atoms with Gasteiger partial charge in [-0.3, -0.25) is 9.59 Å². The molecule has 2 N–H and O–H groups in total. The van der Waals surface area contributed by atoms with E-state index in [9.17, 15) is 9.59 Å². The second kappa shape index (κ2) is 11.7. The zero-order chi connectivity index (χ0) is 25.5. The Morgan fingerprint density at radius 1 is 0.972 bits per heavy atom. The Morgan fingerprint density at radius 3 is 2.33 bits per heavy atom. The highest BCUT2D eigenvalue weighted by atomic mass is 16.5. The van der Waals surface area contributed by atoms with Crippen LogP contribution in [0.25, 0.3) is 5.57 Å². The van der Waals surface area contributed by atoms with Crippen molar-refractivity contribution < 1.29 is 14.3 Å². The van der Waals surface area contributed by atoms with Crippen molar-refractivity contribution in [3.63, 3.8) is 0 Å². The number of carbonyl (C=O) groups excluding carboxylic acids is 2. The van der Waals surface area contributed by atoms with Crippen LogP contribution in [0.1, 0.15) is 84.7 Å². The van der Waals surface area contributed by atoms with E-state index in [4.69, 9.17) is 4.74 Å². The third-order valence-electron chi connectivity index (χ3n) is 7.26. The molecule has 6 nitrogen and oxygen atoms in total. The number of ether oxygens (including phenoxy) is 1. The van der Waals surface area contributed by atoms with Gasteiger partial charge < -0.3 is 20.3 Å². The molecule has 0 aromatic heterocycles. The fourth-order valence-corrected chi connectivity index (χ4v) is 5.06. The van der Waals surface area contributed by atoms with Crippen LogP contribution in [-0.2, 0) is 0 Å². The van der Waals surface area contributed by atoms with Crippen molar-refractivity contribution in [2.24, 2.45) is 0 Å². The molecule has 36 heavy (non-hydrogen) atoms. The minimum absolute atomic E-state index is 0.0461. The van der Waals surface area contributed by atoms with Crippen LogP contribution in [0.15, 0.2) is 48.5 Å². The average molecular weight is 490 g/mol. The summed E-state index contributed by atoms with van der Waals surface area (Å²) in [6, 6.07) is 13.6. The van der Waals surface area contributed by atoms with E-state index in [1.807, 2.05) is 61.2 Å². The van der Waals surface area contributed by atoms with Gasteiger partial charge >= 0.3 is 0 Å². The van der Waals surface area contributed by atoms with E-state index >= 15 is 0 Å². The first-order chi connectivity index (χ1) is 17.5. The highest BCUT2D eigenvalue weighted by molar-refractivity contribution is 5.97.